The number of aliphatic hydroxyl groups is 2. The van der Waals surface area contributed by atoms with E-state index in [0.717, 1.165) is 12.2 Å². The smallest absolute Gasteiger partial charge is 0.389 e. The lowest BCUT2D eigenvalue weighted by atomic mass is 9.83. The molecule has 0 bridgehead atoms. The van der Waals surface area contributed by atoms with Gasteiger partial charge in [-0.05, 0) is 121 Å². The van der Waals surface area contributed by atoms with Crippen molar-refractivity contribution in [2.75, 3.05) is 38.9 Å². The number of ketones is 2. The SMILES string of the molecule is COc1cc(C(=O)Oc2ccc(C=CC(=O)CC(c3cc(N)cc(N)c3)C(O)(O)C(=O)C=Cc3ccc(OC(=O)c4ccc(OCCCC(F)(F)F)c(OC)c4)cc3)cc2)ccc1OCCCC(F)(F)F. The molecule has 0 saturated carbocycles. The molecule has 5 aromatic rings. The molecule has 1 atom stereocenters. The van der Waals surface area contributed by atoms with Crippen LogP contribution < -0.4 is 39.9 Å². The topological polar surface area (TPSA) is 216 Å². The molecule has 5 rings (SSSR count). The monoisotopic (exact) mass is 994 g/mol. The number of halogens is 6. The summed E-state index contributed by atoms with van der Waals surface area (Å²) in [6.45, 7) is -0.456. The number of allylic oxidation sites excluding steroid dienone is 1. The number of methoxy groups -OCH3 is 2. The molecule has 0 aliphatic heterocycles. The molecular formula is C51H48F6N2O12. The van der Waals surface area contributed by atoms with E-state index in [1.54, 1.807) is 0 Å². The quantitative estimate of drug-likeness (QED) is 0.00912. The van der Waals surface area contributed by atoms with Gasteiger partial charge in [0.15, 0.2) is 28.8 Å². The molecule has 20 heteroatoms. The maximum atomic E-state index is 13.5. The summed E-state index contributed by atoms with van der Waals surface area (Å²) in [5, 5.41) is 22.7. The number of alkyl halides is 6. The number of ether oxygens (including phenoxy) is 6. The van der Waals surface area contributed by atoms with Crippen molar-refractivity contribution in [1.82, 2.24) is 0 Å². The minimum Gasteiger partial charge on any atom is -0.493 e. The number of esters is 2. The third kappa shape index (κ3) is 16.7. The van der Waals surface area contributed by atoms with E-state index in [0.29, 0.717) is 11.1 Å². The highest BCUT2D eigenvalue weighted by Crippen LogP contribution is 2.35. The van der Waals surface area contributed by atoms with Gasteiger partial charge in [-0.1, -0.05) is 36.4 Å². The summed E-state index contributed by atoms with van der Waals surface area (Å²) in [6.07, 6.45) is -7.11. The van der Waals surface area contributed by atoms with Gasteiger partial charge in [0.1, 0.15) is 11.5 Å². The number of nitrogen functional groups attached to an aromatic ring is 2. The average Bonchev–Trinajstić information content (AvgIpc) is 3.31. The van der Waals surface area contributed by atoms with E-state index in [9.17, 15) is 55.7 Å². The summed E-state index contributed by atoms with van der Waals surface area (Å²) in [5.74, 6) is -7.47. The number of benzene rings is 5. The Labute approximate surface area is 403 Å². The molecule has 1 unspecified atom stereocenters. The van der Waals surface area contributed by atoms with Crippen LogP contribution in [0.1, 0.15) is 75.4 Å². The molecule has 0 fully saturated rings. The van der Waals surface area contributed by atoms with E-state index in [2.05, 4.69) is 0 Å². The van der Waals surface area contributed by atoms with Crippen LogP contribution in [-0.4, -0.2) is 79.3 Å². The second-order valence-corrected chi connectivity index (χ2v) is 15.7. The van der Waals surface area contributed by atoms with Crippen LogP contribution in [0.5, 0.6) is 34.5 Å². The zero-order chi connectivity index (χ0) is 51.9. The lowest BCUT2D eigenvalue weighted by Crippen LogP contribution is -2.44. The van der Waals surface area contributed by atoms with Gasteiger partial charge in [0.05, 0.1) is 44.5 Å². The molecule has 376 valence electrons. The number of carbonyl (C=O) groups is 4. The van der Waals surface area contributed by atoms with Gasteiger partial charge in [-0.25, -0.2) is 9.59 Å². The van der Waals surface area contributed by atoms with E-state index in [-0.39, 0.29) is 88.6 Å². The van der Waals surface area contributed by atoms with Crippen molar-refractivity contribution in [2.24, 2.45) is 0 Å². The van der Waals surface area contributed by atoms with Crippen molar-refractivity contribution in [3.8, 4) is 34.5 Å². The number of hydrogen-bond donors (Lipinski definition) is 4. The molecule has 0 aromatic heterocycles. The molecule has 0 saturated heterocycles. The van der Waals surface area contributed by atoms with Crippen LogP contribution in [0, 0.1) is 0 Å². The van der Waals surface area contributed by atoms with E-state index in [1.165, 1.54) is 129 Å². The first-order chi connectivity index (χ1) is 33.5. The molecule has 0 radical (unpaired) electrons. The largest absolute Gasteiger partial charge is 0.493 e. The maximum Gasteiger partial charge on any atom is 0.389 e. The van der Waals surface area contributed by atoms with Crippen molar-refractivity contribution in [3.05, 3.63) is 143 Å². The second-order valence-electron chi connectivity index (χ2n) is 15.7. The van der Waals surface area contributed by atoms with Crippen LogP contribution >= 0.6 is 0 Å². The predicted molar refractivity (Wildman–Crippen MR) is 248 cm³/mol. The highest BCUT2D eigenvalue weighted by atomic mass is 19.4. The molecule has 0 aliphatic rings. The van der Waals surface area contributed by atoms with Gasteiger partial charge in [0, 0.05) is 30.6 Å². The summed E-state index contributed by atoms with van der Waals surface area (Å²) < 4.78 is 107. The van der Waals surface area contributed by atoms with E-state index in [4.69, 9.17) is 39.9 Å². The standard InChI is InChI=1S/C51H48F6N2O12/c1-66-44-27-33(11-18-42(44)68-23-3-21-49(52,53)54)47(62)70-39-14-6-31(7-15-39)5-13-38(60)30-41(35-25-36(58)29-37(59)26-35)51(64,65)46(61)20-10-32-8-16-40(17-9-32)71-48(63)34-12-19-43(45(28-34)67-2)69-24-4-22-50(55,56)57/h5-20,25-29,41,64-65H,3-4,21-24,30,58-59H2,1-2H3. The third-order valence-electron chi connectivity index (χ3n) is 10.2. The Morgan fingerprint density at radius 2 is 1.00 bits per heavy atom. The molecular weight excluding hydrogens is 947 g/mol. The molecule has 0 aliphatic carbocycles. The van der Waals surface area contributed by atoms with Crippen LogP contribution in [0.25, 0.3) is 12.2 Å². The normalized spacial score (nSPS) is 12.4. The number of anilines is 2. The average molecular weight is 995 g/mol. The van der Waals surface area contributed by atoms with Crippen molar-refractivity contribution in [2.45, 2.75) is 56.2 Å². The van der Waals surface area contributed by atoms with Crippen molar-refractivity contribution >= 4 is 47.0 Å². The number of hydrogen-bond acceptors (Lipinski definition) is 14. The van der Waals surface area contributed by atoms with Gasteiger partial charge >= 0.3 is 24.3 Å². The van der Waals surface area contributed by atoms with Crippen LogP contribution in [0.2, 0.25) is 0 Å². The minimum atomic E-state index is -4.32. The first kappa shape index (κ1) is 54.1. The Hall–Kier alpha value is -7.84. The van der Waals surface area contributed by atoms with Gasteiger partial charge in [0.2, 0.25) is 11.6 Å². The Bertz CT molecular complexity index is 2700. The van der Waals surface area contributed by atoms with Crippen LogP contribution in [-0.2, 0) is 9.59 Å². The van der Waals surface area contributed by atoms with Gasteiger partial charge in [-0.2, -0.15) is 26.3 Å². The van der Waals surface area contributed by atoms with Crippen molar-refractivity contribution in [1.29, 1.82) is 0 Å². The van der Waals surface area contributed by atoms with E-state index in [1.807, 2.05) is 0 Å². The van der Waals surface area contributed by atoms with Gasteiger partial charge in [-0.15, -0.1) is 0 Å². The van der Waals surface area contributed by atoms with Crippen molar-refractivity contribution < 1.29 is 84.2 Å². The molecule has 6 N–H and O–H groups in total. The zero-order valence-electron chi connectivity index (χ0n) is 38.1. The highest BCUT2D eigenvalue weighted by Gasteiger charge is 2.42. The van der Waals surface area contributed by atoms with Crippen LogP contribution in [0.15, 0.2) is 115 Å². The first-order valence-electron chi connectivity index (χ1n) is 21.5. The molecule has 71 heavy (non-hydrogen) atoms. The summed E-state index contributed by atoms with van der Waals surface area (Å²) in [5.41, 5.74) is 13.2. The Balaban J connectivity index is 1.20. The molecule has 0 heterocycles. The fourth-order valence-corrected chi connectivity index (χ4v) is 6.68. The van der Waals surface area contributed by atoms with E-state index >= 15 is 0 Å². The molecule has 14 nitrogen and oxygen atoms in total. The lowest BCUT2D eigenvalue weighted by Gasteiger charge is -2.29. The number of carbonyl (C=O) groups excluding carboxylic acids is 4. The fourth-order valence-electron chi connectivity index (χ4n) is 6.68. The molecule has 0 amide bonds. The zero-order valence-corrected chi connectivity index (χ0v) is 38.1. The summed E-state index contributed by atoms with van der Waals surface area (Å²) in [6, 6.07) is 23.8. The van der Waals surface area contributed by atoms with Crippen molar-refractivity contribution in [3.63, 3.8) is 0 Å². The molecule has 5 aromatic carbocycles. The highest BCUT2D eigenvalue weighted by molar-refractivity contribution is 6.01. The fraction of sp³-hybridized carbons (Fsp3) is 0.255. The number of rotatable bonds is 23. The van der Waals surface area contributed by atoms with Gasteiger partial charge < -0.3 is 50.1 Å². The van der Waals surface area contributed by atoms with Crippen LogP contribution in [0.3, 0.4) is 0 Å². The summed E-state index contributed by atoms with van der Waals surface area (Å²) >= 11 is 0. The Morgan fingerprint density at radius 1 is 0.577 bits per heavy atom. The van der Waals surface area contributed by atoms with Crippen LogP contribution in [0.4, 0.5) is 37.7 Å². The summed E-state index contributed by atoms with van der Waals surface area (Å²) in [4.78, 5) is 52.6. The number of nitrogens with two attached hydrogens (primary N) is 2. The minimum absolute atomic E-state index is 0.0467. The van der Waals surface area contributed by atoms with Gasteiger partial charge in [-0.3, -0.25) is 9.59 Å². The van der Waals surface area contributed by atoms with E-state index < -0.39 is 66.8 Å². The first-order valence-corrected chi connectivity index (χ1v) is 21.5. The lowest BCUT2D eigenvalue weighted by molar-refractivity contribution is -0.187. The predicted octanol–water partition coefficient (Wildman–Crippen LogP) is 9.47. The summed E-state index contributed by atoms with van der Waals surface area (Å²) in [7, 11) is 2.60. The Morgan fingerprint density at radius 3 is 1.41 bits per heavy atom. The van der Waals surface area contributed by atoms with Gasteiger partial charge in [0.25, 0.3) is 0 Å². The maximum absolute atomic E-state index is 13.5. The second kappa shape index (κ2) is 24.1. The Kier molecular flexibility index (Phi) is 18.4. The molecule has 0 spiro atoms. The third-order valence-corrected chi connectivity index (χ3v) is 10.2.